The number of ether oxygens (including phenoxy) is 4. The van der Waals surface area contributed by atoms with Gasteiger partial charge in [0.1, 0.15) is 24.4 Å². The molecule has 0 aliphatic carbocycles. The molecule has 4 atom stereocenters. The minimum absolute atomic E-state index is 0.164. The van der Waals surface area contributed by atoms with E-state index in [0.29, 0.717) is 12.8 Å². The Morgan fingerprint density at radius 3 is 1.28 bits per heavy atom. The molecule has 0 bridgehead atoms. The summed E-state index contributed by atoms with van der Waals surface area (Å²) in [6.45, 7) is 11.9. The molecule has 2 fully saturated rings. The van der Waals surface area contributed by atoms with E-state index in [0.717, 1.165) is 11.1 Å². The molecule has 2 saturated heterocycles. The molecule has 50 heavy (non-hydrogen) atoms. The summed E-state index contributed by atoms with van der Waals surface area (Å²) < 4.78 is 21.0. The normalized spacial score (nSPS) is 20.7. The minimum atomic E-state index is -0.722. The fraction of sp³-hybridized carbons (Fsp3) is 0.556. The Bertz CT molecular complexity index is 1280. The highest BCUT2D eigenvalue weighted by Crippen LogP contribution is 2.18. The van der Waals surface area contributed by atoms with Crippen LogP contribution < -0.4 is 10.6 Å². The number of aliphatic hydroxyl groups is 2. The van der Waals surface area contributed by atoms with Crippen LogP contribution in [0.1, 0.15) is 65.5 Å². The van der Waals surface area contributed by atoms with E-state index in [2.05, 4.69) is 10.6 Å². The number of hydrogen-bond donors (Lipinski definition) is 4. The zero-order chi connectivity index (χ0) is 36.9. The molecule has 14 heteroatoms. The van der Waals surface area contributed by atoms with Crippen molar-refractivity contribution in [2.75, 3.05) is 26.2 Å². The van der Waals surface area contributed by atoms with Crippen molar-refractivity contribution in [3.8, 4) is 0 Å². The van der Waals surface area contributed by atoms with Gasteiger partial charge >= 0.3 is 24.4 Å². The summed E-state index contributed by atoms with van der Waals surface area (Å²) in [6.07, 6.45) is -2.88. The number of likely N-dealkylation sites (tertiary alicyclic amines) is 2. The van der Waals surface area contributed by atoms with Gasteiger partial charge in [-0.25, -0.2) is 19.2 Å². The summed E-state index contributed by atoms with van der Waals surface area (Å²) in [6, 6.07) is 17.9. The molecule has 2 aliphatic rings. The zero-order valence-corrected chi connectivity index (χ0v) is 29.8. The van der Waals surface area contributed by atoms with Crippen molar-refractivity contribution in [2.45, 2.75) is 103 Å². The third-order valence-electron chi connectivity index (χ3n) is 7.23. The lowest BCUT2D eigenvalue weighted by molar-refractivity contribution is -0.00283. The maximum Gasteiger partial charge on any atom is 0.410 e. The molecule has 4 N–H and O–H groups in total. The Kier molecular flexibility index (Phi) is 14.7. The quantitative estimate of drug-likeness (QED) is 0.313. The summed E-state index contributed by atoms with van der Waals surface area (Å²) in [7, 11) is 0. The average molecular weight is 701 g/mol. The van der Waals surface area contributed by atoms with Gasteiger partial charge < -0.3 is 49.6 Å². The fourth-order valence-corrected chi connectivity index (χ4v) is 5.17. The number of amides is 4. The summed E-state index contributed by atoms with van der Waals surface area (Å²) >= 11 is 0. The summed E-state index contributed by atoms with van der Waals surface area (Å²) in [5.41, 5.74) is 0.544. The van der Waals surface area contributed by atoms with Gasteiger partial charge in [-0.2, -0.15) is 0 Å². The maximum absolute atomic E-state index is 12.1. The van der Waals surface area contributed by atoms with Gasteiger partial charge in [-0.05, 0) is 65.5 Å². The van der Waals surface area contributed by atoms with Gasteiger partial charge in [0.2, 0.25) is 0 Å². The summed E-state index contributed by atoms with van der Waals surface area (Å²) in [5, 5.41) is 25.3. The van der Waals surface area contributed by atoms with Gasteiger partial charge in [0, 0.05) is 13.1 Å². The predicted molar refractivity (Wildman–Crippen MR) is 184 cm³/mol. The molecule has 0 aromatic heterocycles. The Labute approximate surface area is 294 Å². The van der Waals surface area contributed by atoms with Crippen LogP contribution >= 0.6 is 0 Å². The highest BCUT2D eigenvalue weighted by Gasteiger charge is 2.34. The van der Waals surface area contributed by atoms with E-state index >= 15 is 0 Å². The van der Waals surface area contributed by atoms with E-state index in [4.69, 9.17) is 18.9 Å². The van der Waals surface area contributed by atoms with Crippen molar-refractivity contribution in [3.63, 3.8) is 0 Å². The smallest absolute Gasteiger partial charge is 0.410 e. The van der Waals surface area contributed by atoms with Crippen LogP contribution in [0.2, 0.25) is 0 Å². The van der Waals surface area contributed by atoms with Crippen LogP contribution in [0.5, 0.6) is 0 Å². The van der Waals surface area contributed by atoms with Crippen LogP contribution in [0.4, 0.5) is 19.2 Å². The molecule has 276 valence electrons. The van der Waals surface area contributed by atoms with E-state index in [-0.39, 0.29) is 51.5 Å². The lowest BCUT2D eigenvalue weighted by Crippen LogP contribution is -2.55. The number of nitrogens with zero attached hydrogens (tertiary/aromatic N) is 2. The standard InChI is InChI=1S/2C18H26N2O5/c2*1-18(2,3)25-17(23)20-10-14(9-15(21)11-20)19-16(22)24-12-13-7-5-4-6-8-13/h2*4-8,14-15,21H,9-12H2,1-3H3,(H,19,22)/t2*14-,15-/m10/s1. The predicted octanol–water partition coefficient (Wildman–Crippen LogP) is 4.57. The first-order valence-corrected chi connectivity index (χ1v) is 16.7. The number of benzene rings is 2. The first kappa shape index (κ1) is 39.9. The van der Waals surface area contributed by atoms with Gasteiger partial charge in [-0.1, -0.05) is 60.7 Å². The van der Waals surface area contributed by atoms with Crippen LogP contribution in [-0.2, 0) is 32.2 Å². The lowest BCUT2D eigenvalue weighted by atomic mass is 10.0. The van der Waals surface area contributed by atoms with Gasteiger partial charge in [-0.3, -0.25) is 0 Å². The molecule has 14 nitrogen and oxygen atoms in total. The number of piperidine rings is 2. The first-order valence-electron chi connectivity index (χ1n) is 16.7. The minimum Gasteiger partial charge on any atom is -0.445 e. The molecule has 4 amide bonds. The Morgan fingerprint density at radius 2 is 0.960 bits per heavy atom. The molecule has 2 aromatic carbocycles. The van der Waals surface area contributed by atoms with Gasteiger partial charge in [0.15, 0.2) is 0 Å². The van der Waals surface area contributed by atoms with Crippen molar-refractivity contribution in [2.24, 2.45) is 0 Å². The number of rotatable bonds is 6. The van der Waals surface area contributed by atoms with E-state index in [1.165, 1.54) is 9.80 Å². The largest absolute Gasteiger partial charge is 0.445 e. The number of carbonyl (C=O) groups is 4. The molecular formula is C36H52N4O10. The zero-order valence-electron chi connectivity index (χ0n) is 29.8. The molecular weight excluding hydrogens is 648 g/mol. The molecule has 2 heterocycles. The number of alkyl carbamates (subject to hydrolysis) is 2. The highest BCUT2D eigenvalue weighted by atomic mass is 16.6. The third-order valence-corrected chi connectivity index (χ3v) is 7.23. The highest BCUT2D eigenvalue weighted by molar-refractivity contribution is 5.70. The van der Waals surface area contributed by atoms with Crippen LogP contribution in [0.15, 0.2) is 60.7 Å². The number of β-amino-alcohol motifs (C(OH)–C–C–N with tert-alkyl or cyclic N) is 2. The monoisotopic (exact) mass is 700 g/mol. The molecule has 0 spiro atoms. The summed E-state index contributed by atoms with van der Waals surface area (Å²) in [5.74, 6) is 0. The van der Waals surface area contributed by atoms with Crippen molar-refractivity contribution in [3.05, 3.63) is 71.8 Å². The van der Waals surface area contributed by atoms with Crippen LogP contribution in [-0.4, -0.2) is 106 Å². The average Bonchev–Trinajstić information content (AvgIpc) is 3.02. The van der Waals surface area contributed by atoms with Crippen molar-refractivity contribution in [1.82, 2.24) is 20.4 Å². The topological polar surface area (TPSA) is 176 Å². The second-order valence-corrected chi connectivity index (χ2v) is 14.4. The van der Waals surface area contributed by atoms with Crippen LogP contribution in [0.3, 0.4) is 0 Å². The Balaban J connectivity index is 0.000000270. The van der Waals surface area contributed by atoms with E-state index in [9.17, 15) is 29.4 Å². The molecule has 2 aromatic rings. The SMILES string of the molecule is CC(C)(C)OC(=O)N1C[C@@H](O)C[C@H](NC(=O)OCc2ccccc2)C1.CC(C)(C)OC(=O)N1C[C@H](O)C[C@@H](NC(=O)OCc2ccccc2)C1. The lowest BCUT2D eigenvalue weighted by Gasteiger charge is -2.36. The number of hydrogen-bond acceptors (Lipinski definition) is 10. The van der Waals surface area contributed by atoms with Gasteiger partial charge in [0.25, 0.3) is 0 Å². The number of aliphatic hydroxyl groups excluding tert-OH is 2. The maximum atomic E-state index is 12.1. The number of carbonyl (C=O) groups excluding carboxylic acids is 4. The van der Waals surface area contributed by atoms with Crippen molar-refractivity contribution >= 4 is 24.4 Å². The fourth-order valence-electron chi connectivity index (χ4n) is 5.17. The van der Waals surface area contributed by atoms with E-state index < -0.39 is 47.8 Å². The second kappa shape index (κ2) is 18.4. The molecule has 0 unspecified atom stereocenters. The molecule has 0 saturated carbocycles. The van der Waals surface area contributed by atoms with Crippen LogP contribution in [0, 0.1) is 0 Å². The number of nitrogens with one attached hydrogen (secondary N) is 2. The van der Waals surface area contributed by atoms with Crippen LogP contribution in [0.25, 0.3) is 0 Å². The third kappa shape index (κ3) is 15.3. The second-order valence-electron chi connectivity index (χ2n) is 14.4. The van der Waals surface area contributed by atoms with Gasteiger partial charge in [-0.15, -0.1) is 0 Å². The Hall–Kier alpha value is -4.56. The first-order chi connectivity index (χ1) is 23.5. The van der Waals surface area contributed by atoms with Crippen molar-refractivity contribution < 1.29 is 48.3 Å². The van der Waals surface area contributed by atoms with E-state index in [1.54, 1.807) is 41.5 Å². The molecule has 0 radical (unpaired) electrons. The van der Waals surface area contributed by atoms with Gasteiger partial charge in [0.05, 0.1) is 37.4 Å². The molecule has 2 aliphatic heterocycles. The summed E-state index contributed by atoms with van der Waals surface area (Å²) in [4.78, 5) is 51.0. The van der Waals surface area contributed by atoms with Crippen molar-refractivity contribution in [1.29, 1.82) is 0 Å². The molecule has 4 rings (SSSR count). The Morgan fingerprint density at radius 1 is 0.620 bits per heavy atom. The van der Waals surface area contributed by atoms with E-state index in [1.807, 2.05) is 60.7 Å².